The number of aromatic nitrogens is 3. The maximum absolute atomic E-state index is 12.4. The molecule has 1 unspecified atom stereocenters. The monoisotopic (exact) mass is 353 g/mol. The van der Waals surface area contributed by atoms with E-state index < -0.39 is 0 Å². The first-order valence-electron chi connectivity index (χ1n) is 7.92. The summed E-state index contributed by atoms with van der Waals surface area (Å²) in [6, 6.07) is 11.6. The van der Waals surface area contributed by atoms with Crippen molar-refractivity contribution >= 4 is 28.3 Å². The molecule has 0 aliphatic carbocycles. The Hall–Kier alpha value is -2.80. The van der Waals surface area contributed by atoms with Crippen LogP contribution in [-0.2, 0) is 0 Å². The van der Waals surface area contributed by atoms with Crippen molar-refractivity contribution in [2.24, 2.45) is 0 Å². The Morgan fingerprint density at radius 2 is 1.76 bits per heavy atom. The third-order valence-electron chi connectivity index (χ3n) is 3.59. The standard InChI is InChI=1S/C18H19N5OS/c1-11-9-12(2)20-17(19-11)23-18-22-15(10-25-18)16(24)21-13(3)14-7-5-4-6-8-14/h4-10,13H,1-3H3,(H,21,24)(H,19,20,22,23). The second-order valence-electron chi connectivity index (χ2n) is 5.74. The Morgan fingerprint density at radius 3 is 2.44 bits per heavy atom. The van der Waals surface area contributed by atoms with Crippen molar-refractivity contribution in [3.8, 4) is 0 Å². The zero-order valence-corrected chi connectivity index (χ0v) is 15.1. The molecule has 128 valence electrons. The van der Waals surface area contributed by atoms with E-state index in [0.717, 1.165) is 17.0 Å². The van der Waals surface area contributed by atoms with Gasteiger partial charge in [0.25, 0.3) is 5.91 Å². The van der Waals surface area contributed by atoms with E-state index in [0.29, 0.717) is 16.8 Å². The predicted octanol–water partition coefficient (Wildman–Crippen LogP) is 3.78. The molecule has 25 heavy (non-hydrogen) atoms. The highest BCUT2D eigenvalue weighted by atomic mass is 32.1. The summed E-state index contributed by atoms with van der Waals surface area (Å²) in [5, 5.41) is 8.31. The van der Waals surface area contributed by atoms with Crippen LogP contribution in [0.15, 0.2) is 41.8 Å². The van der Waals surface area contributed by atoms with Crippen LogP contribution in [-0.4, -0.2) is 20.9 Å². The Labute approximate surface area is 150 Å². The van der Waals surface area contributed by atoms with Gasteiger partial charge in [0.2, 0.25) is 5.95 Å². The summed E-state index contributed by atoms with van der Waals surface area (Å²) < 4.78 is 0. The molecule has 0 saturated carbocycles. The van der Waals surface area contributed by atoms with Gasteiger partial charge in [0.05, 0.1) is 6.04 Å². The van der Waals surface area contributed by atoms with E-state index in [4.69, 9.17) is 0 Å². The second kappa shape index (κ2) is 7.40. The zero-order chi connectivity index (χ0) is 17.8. The van der Waals surface area contributed by atoms with Gasteiger partial charge in [0.15, 0.2) is 5.13 Å². The van der Waals surface area contributed by atoms with E-state index in [-0.39, 0.29) is 11.9 Å². The number of amides is 1. The van der Waals surface area contributed by atoms with Crippen molar-refractivity contribution in [2.75, 3.05) is 5.32 Å². The summed E-state index contributed by atoms with van der Waals surface area (Å²) in [5.74, 6) is 0.276. The Kier molecular flexibility index (Phi) is 5.04. The van der Waals surface area contributed by atoms with E-state index in [1.165, 1.54) is 11.3 Å². The fourth-order valence-corrected chi connectivity index (χ4v) is 3.09. The first-order chi connectivity index (χ1) is 12.0. The fraction of sp³-hybridized carbons (Fsp3) is 0.222. The maximum Gasteiger partial charge on any atom is 0.271 e. The lowest BCUT2D eigenvalue weighted by Crippen LogP contribution is -2.26. The molecule has 1 aromatic carbocycles. The molecule has 0 aliphatic rings. The van der Waals surface area contributed by atoms with Gasteiger partial charge in [0.1, 0.15) is 5.69 Å². The van der Waals surface area contributed by atoms with Crippen molar-refractivity contribution in [1.29, 1.82) is 0 Å². The van der Waals surface area contributed by atoms with E-state index in [2.05, 4.69) is 25.6 Å². The molecule has 2 N–H and O–H groups in total. The number of nitrogens with one attached hydrogen (secondary N) is 2. The molecule has 0 fully saturated rings. The Balaban J connectivity index is 1.67. The van der Waals surface area contributed by atoms with E-state index in [9.17, 15) is 4.79 Å². The summed E-state index contributed by atoms with van der Waals surface area (Å²) in [7, 11) is 0. The average molecular weight is 353 g/mol. The van der Waals surface area contributed by atoms with Gasteiger partial charge in [-0.1, -0.05) is 30.3 Å². The highest BCUT2D eigenvalue weighted by molar-refractivity contribution is 7.14. The molecule has 0 bridgehead atoms. The molecule has 7 heteroatoms. The zero-order valence-electron chi connectivity index (χ0n) is 14.3. The summed E-state index contributed by atoms with van der Waals surface area (Å²) in [6.45, 7) is 5.76. The van der Waals surface area contributed by atoms with Gasteiger partial charge in [-0.05, 0) is 32.4 Å². The SMILES string of the molecule is Cc1cc(C)nc(Nc2nc(C(=O)NC(C)c3ccccc3)cs2)n1. The number of carbonyl (C=O) groups is 1. The van der Waals surface area contributed by atoms with Crippen LogP contribution in [0.4, 0.5) is 11.1 Å². The number of hydrogen-bond donors (Lipinski definition) is 2. The van der Waals surface area contributed by atoms with Gasteiger partial charge in [0, 0.05) is 16.8 Å². The van der Waals surface area contributed by atoms with Gasteiger partial charge in [-0.3, -0.25) is 4.79 Å². The lowest BCUT2D eigenvalue weighted by Gasteiger charge is -2.13. The quantitative estimate of drug-likeness (QED) is 0.729. The first kappa shape index (κ1) is 17.0. The summed E-state index contributed by atoms with van der Waals surface area (Å²) in [6.07, 6.45) is 0. The number of hydrogen-bond acceptors (Lipinski definition) is 6. The highest BCUT2D eigenvalue weighted by Crippen LogP contribution is 2.20. The van der Waals surface area contributed by atoms with Crippen LogP contribution in [0.2, 0.25) is 0 Å². The molecule has 1 atom stereocenters. The summed E-state index contributed by atoms with van der Waals surface area (Å²) >= 11 is 1.34. The van der Waals surface area contributed by atoms with Crippen LogP contribution in [0, 0.1) is 13.8 Å². The van der Waals surface area contributed by atoms with Crippen LogP contribution in [0.3, 0.4) is 0 Å². The van der Waals surface area contributed by atoms with E-state index in [1.54, 1.807) is 5.38 Å². The van der Waals surface area contributed by atoms with E-state index in [1.807, 2.05) is 57.2 Å². The maximum atomic E-state index is 12.4. The minimum absolute atomic E-state index is 0.0884. The predicted molar refractivity (Wildman–Crippen MR) is 99.2 cm³/mol. The normalized spacial score (nSPS) is 11.8. The average Bonchev–Trinajstić information content (AvgIpc) is 3.03. The number of thiazole rings is 1. The molecule has 2 heterocycles. The van der Waals surface area contributed by atoms with Crippen molar-refractivity contribution in [2.45, 2.75) is 26.8 Å². The van der Waals surface area contributed by atoms with Gasteiger partial charge in [-0.2, -0.15) is 0 Å². The van der Waals surface area contributed by atoms with Crippen molar-refractivity contribution in [3.63, 3.8) is 0 Å². The Morgan fingerprint density at radius 1 is 1.08 bits per heavy atom. The highest BCUT2D eigenvalue weighted by Gasteiger charge is 2.15. The molecular formula is C18H19N5OS. The number of anilines is 2. The number of nitrogens with zero attached hydrogens (tertiary/aromatic N) is 3. The Bertz CT molecular complexity index is 858. The molecule has 1 amide bonds. The molecule has 3 aromatic rings. The molecule has 0 saturated heterocycles. The smallest absolute Gasteiger partial charge is 0.271 e. The topological polar surface area (TPSA) is 79.8 Å². The lowest BCUT2D eigenvalue weighted by molar-refractivity contribution is 0.0935. The van der Waals surface area contributed by atoms with Crippen LogP contribution < -0.4 is 10.6 Å². The summed E-state index contributed by atoms with van der Waals surface area (Å²) in [5.41, 5.74) is 3.18. The molecule has 0 radical (unpaired) electrons. The molecular weight excluding hydrogens is 334 g/mol. The minimum atomic E-state index is -0.206. The lowest BCUT2D eigenvalue weighted by atomic mass is 10.1. The van der Waals surface area contributed by atoms with Gasteiger partial charge < -0.3 is 10.6 Å². The number of carbonyl (C=O) groups excluding carboxylic acids is 1. The van der Waals surface area contributed by atoms with Gasteiger partial charge in [-0.25, -0.2) is 15.0 Å². The van der Waals surface area contributed by atoms with Crippen molar-refractivity contribution < 1.29 is 4.79 Å². The van der Waals surface area contributed by atoms with Gasteiger partial charge >= 0.3 is 0 Å². The molecule has 0 spiro atoms. The van der Waals surface area contributed by atoms with Crippen LogP contribution in [0.5, 0.6) is 0 Å². The second-order valence-corrected chi connectivity index (χ2v) is 6.60. The molecule has 0 aliphatic heterocycles. The number of benzene rings is 1. The van der Waals surface area contributed by atoms with Crippen LogP contribution in [0.25, 0.3) is 0 Å². The third kappa shape index (κ3) is 4.39. The van der Waals surface area contributed by atoms with Crippen molar-refractivity contribution in [3.05, 3.63) is 64.4 Å². The first-order valence-corrected chi connectivity index (χ1v) is 8.80. The number of rotatable bonds is 5. The molecule has 3 rings (SSSR count). The summed E-state index contributed by atoms with van der Waals surface area (Å²) in [4.78, 5) is 25.3. The van der Waals surface area contributed by atoms with Crippen molar-refractivity contribution in [1.82, 2.24) is 20.3 Å². The minimum Gasteiger partial charge on any atom is -0.344 e. The largest absolute Gasteiger partial charge is 0.344 e. The third-order valence-corrected chi connectivity index (χ3v) is 4.34. The van der Waals surface area contributed by atoms with E-state index >= 15 is 0 Å². The molecule has 2 aromatic heterocycles. The fourth-order valence-electron chi connectivity index (χ4n) is 2.41. The number of aryl methyl sites for hydroxylation is 2. The van der Waals surface area contributed by atoms with Crippen LogP contribution in [0.1, 0.15) is 40.4 Å². The van der Waals surface area contributed by atoms with Crippen LogP contribution >= 0.6 is 11.3 Å². The van der Waals surface area contributed by atoms with Gasteiger partial charge in [-0.15, -0.1) is 11.3 Å². The molecule has 6 nitrogen and oxygen atoms in total.